The van der Waals surface area contributed by atoms with Crippen molar-refractivity contribution in [1.82, 2.24) is 14.1 Å². The Balaban J connectivity index is 0.000000119. The van der Waals surface area contributed by atoms with Gasteiger partial charge in [0.1, 0.15) is 0 Å². The molecule has 1 saturated heterocycles. The van der Waals surface area contributed by atoms with Crippen LogP contribution >= 0.6 is 15.9 Å². The Bertz CT molecular complexity index is 5020. The maximum absolute atomic E-state index is 6.22. The number of aromatic amines is 1. The van der Waals surface area contributed by atoms with E-state index in [2.05, 4.69) is 337 Å². The fourth-order valence-electron chi connectivity index (χ4n) is 12.8. The highest BCUT2D eigenvalue weighted by Crippen LogP contribution is 2.41. The van der Waals surface area contributed by atoms with E-state index in [0.717, 1.165) is 16.4 Å². The molecular formula is C79H61BBrN3O2. The first-order chi connectivity index (χ1) is 42.0. The summed E-state index contributed by atoms with van der Waals surface area (Å²) in [6, 6.07) is 100.0. The number of benzene rings is 12. The Morgan fingerprint density at radius 3 is 1.34 bits per heavy atom. The van der Waals surface area contributed by atoms with Gasteiger partial charge in [-0.05, 0) is 186 Å². The molecule has 0 saturated carbocycles. The molecule has 1 N–H and O–H groups in total. The van der Waals surface area contributed by atoms with Gasteiger partial charge in [0, 0.05) is 59.2 Å². The largest absolute Gasteiger partial charge is 0.494 e. The second-order valence-corrected chi connectivity index (χ2v) is 24.6. The van der Waals surface area contributed by atoms with Crippen LogP contribution in [-0.4, -0.2) is 32.4 Å². The van der Waals surface area contributed by atoms with Crippen LogP contribution in [0, 0.1) is 0 Å². The van der Waals surface area contributed by atoms with Crippen molar-refractivity contribution >= 4 is 93.9 Å². The molecule has 1 aliphatic carbocycles. The molecule has 1 aliphatic heterocycles. The maximum Gasteiger partial charge on any atom is 0.494 e. The Labute approximate surface area is 510 Å². The van der Waals surface area contributed by atoms with Crippen LogP contribution in [0.3, 0.4) is 0 Å². The van der Waals surface area contributed by atoms with Crippen molar-refractivity contribution in [3.8, 4) is 55.9 Å². The molecule has 0 spiro atoms. The lowest BCUT2D eigenvalue weighted by Crippen LogP contribution is -2.41. The van der Waals surface area contributed by atoms with Gasteiger partial charge in [-0.2, -0.15) is 0 Å². The summed E-state index contributed by atoms with van der Waals surface area (Å²) in [7, 11) is -0.342. The van der Waals surface area contributed by atoms with Gasteiger partial charge < -0.3 is 23.4 Å². The number of fused-ring (bicyclic) bond motifs is 12. The second-order valence-electron chi connectivity index (χ2n) is 23.7. The van der Waals surface area contributed by atoms with Crippen molar-refractivity contribution in [3.05, 3.63) is 295 Å². The van der Waals surface area contributed by atoms with Gasteiger partial charge in [0.15, 0.2) is 0 Å². The molecule has 3 aromatic heterocycles. The molecule has 0 atom stereocenters. The summed E-state index contributed by atoms with van der Waals surface area (Å²) < 4.78 is 18.3. The lowest BCUT2D eigenvalue weighted by molar-refractivity contribution is 0.00578. The number of hydrogen-bond acceptors (Lipinski definition) is 2. The fourth-order valence-corrected chi connectivity index (χ4v) is 13.2. The highest BCUT2D eigenvalue weighted by atomic mass is 79.9. The number of nitrogens with one attached hydrogen (secondary N) is 1. The number of aromatic nitrogens is 3. The monoisotopic (exact) mass is 1170 g/mol. The lowest BCUT2D eigenvalue weighted by Gasteiger charge is -2.32. The second kappa shape index (κ2) is 21.5. The van der Waals surface area contributed by atoms with Crippen molar-refractivity contribution in [2.24, 2.45) is 0 Å². The molecule has 2 aliphatic rings. The van der Waals surface area contributed by atoms with Crippen molar-refractivity contribution in [1.29, 1.82) is 0 Å². The molecule has 5 nitrogen and oxygen atoms in total. The van der Waals surface area contributed by atoms with E-state index in [4.69, 9.17) is 9.31 Å². The zero-order chi connectivity index (χ0) is 58.1. The molecule has 4 heterocycles. The standard InChI is InChI=1S/C36H24N2.C30H28BNO2.C13H9Br/c1-2-8-28(9-3-1)38-35-13-7-5-11-30(35)32-23-27(19-21-36(32)38)25-16-14-24(15-17-25)26-18-20-34-31(22-26)29-10-4-6-12-33(29)37-34;1-29(2)30(3,4)34-31(33-29)23-17-14-21(15-18-23)22-16-19-28-26(20-22)25-12-8-9-13-27(25)32(28)24-10-6-5-7-11-24;14-11-6-5-10-7-9-3-1-2-4-12(9)13(10)8-11/h1-23,37H;5-20H,1-4H3;1-6,8H,7H2. The van der Waals surface area contributed by atoms with E-state index < -0.39 is 0 Å². The molecule has 12 aromatic carbocycles. The van der Waals surface area contributed by atoms with Crippen LogP contribution in [0.15, 0.2) is 284 Å². The van der Waals surface area contributed by atoms with Gasteiger partial charge in [0.2, 0.25) is 0 Å². The third-order valence-electron chi connectivity index (χ3n) is 18.0. The summed E-state index contributed by atoms with van der Waals surface area (Å²) >= 11 is 3.52. The Kier molecular flexibility index (Phi) is 13.3. The van der Waals surface area contributed by atoms with Crippen molar-refractivity contribution in [3.63, 3.8) is 0 Å². The fraction of sp³-hybridized carbons (Fsp3) is 0.0886. The number of rotatable bonds is 6. The predicted molar refractivity (Wildman–Crippen MR) is 365 cm³/mol. The molecule has 15 aromatic rings. The van der Waals surface area contributed by atoms with E-state index in [1.54, 1.807) is 0 Å². The van der Waals surface area contributed by atoms with Crippen molar-refractivity contribution < 1.29 is 9.31 Å². The SMILES string of the molecule is Brc1ccc2c(c1)-c1ccccc1C2.CC1(C)OB(c2ccc(-c3ccc4c(c3)c3ccccc3n4-c3ccccc3)cc2)OC1(C)C.c1ccc(-n2c3ccccc3c3cc(-c4ccc(-c5ccc6[nH]c7ccccc7c6c5)cc4)ccc32)cc1. The zero-order valence-electron chi connectivity index (χ0n) is 48.4. The van der Waals surface area contributed by atoms with Gasteiger partial charge >= 0.3 is 7.12 Å². The first kappa shape index (κ1) is 53.2. The molecular weight excluding hydrogens is 1110 g/mol. The highest BCUT2D eigenvalue weighted by molar-refractivity contribution is 9.10. The van der Waals surface area contributed by atoms with Crippen LogP contribution < -0.4 is 5.46 Å². The van der Waals surface area contributed by atoms with Crippen LogP contribution in [0.25, 0.3) is 121 Å². The molecule has 1 fully saturated rings. The quantitative estimate of drug-likeness (QED) is 0.169. The molecule has 0 amide bonds. The van der Waals surface area contributed by atoms with Crippen molar-refractivity contribution in [2.45, 2.75) is 45.3 Å². The summed E-state index contributed by atoms with van der Waals surface area (Å²) in [5.41, 5.74) is 22.9. The third kappa shape index (κ3) is 9.53. The summed E-state index contributed by atoms with van der Waals surface area (Å²) in [5, 5.41) is 7.60. The lowest BCUT2D eigenvalue weighted by atomic mass is 9.78. The highest BCUT2D eigenvalue weighted by Gasteiger charge is 2.51. The molecule has 17 rings (SSSR count). The predicted octanol–water partition coefficient (Wildman–Crippen LogP) is 20.5. The first-order valence-corrected chi connectivity index (χ1v) is 30.4. The van der Waals surface area contributed by atoms with Gasteiger partial charge in [-0.15, -0.1) is 0 Å². The summed E-state index contributed by atoms with van der Waals surface area (Å²) in [6.45, 7) is 8.34. The van der Waals surface area contributed by atoms with E-state index in [-0.39, 0.29) is 18.3 Å². The molecule has 86 heavy (non-hydrogen) atoms. The topological polar surface area (TPSA) is 44.1 Å². The van der Waals surface area contributed by atoms with Crippen LogP contribution in [0.5, 0.6) is 0 Å². The van der Waals surface area contributed by atoms with E-state index in [1.165, 1.54) is 132 Å². The van der Waals surface area contributed by atoms with Gasteiger partial charge in [-0.25, -0.2) is 0 Å². The normalized spacial score (nSPS) is 13.9. The number of para-hydroxylation sites is 5. The number of nitrogens with zero attached hydrogens (tertiary/aromatic N) is 2. The van der Waals surface area contributed by atoms with E-state index in [1.807, 2.05) is 0 Å². The smallest absolute Gasteiger partial charge is 0.399 e. The third-order valence-corrected chi connectivity index (χ3v) is 18.5. The van der Waals surface area contributed by atoms with E-state index in [0.29, 0.717) is 0 Å². The number of halogens is 1. The Morgan fingerprint density at radius 2 is 0.767 bits per heavy atom. The van der Waals surface area contributed by atoms with Crippen LogP contribution in [-0.2, 0) is 15.7 Å². The first-order valence-electron chi connectivity index (χ1n) is 29.6. The van der Waals surface area contributed by atoms with Crippen LogP contribution in [0.2, 0.25) is 0 Å². The maximum atomic E-state index is 6.22. The average molecular weight is 1180 g/mol. The van der Waals surface area contributed by atoms with Crippen LogP contribution in [0.4, 0.5) is 0 Å². The van der Waals surface area contributed by atoms with Gasteiger partial charge in [0.25, 0.3) is 0 Å². The van der Waals surface area contributed by atoms with E-state index >= 15 is 0 Å². The van der Waals surface area contributed by atoms with Gasteiger partial charge in [-0.1, -0.05) is 204 Å². The van der Waals surface area contributed by atoms with Crippen molar-refractivity contribution in [2.75, 3.05) is 0 Å². The minimum atomic E-state index is -0.342. The summed E-state index contributed by atoms with van der Waals surface area (Å²) in [4.78, 5) is 3.52. The molecule has 0 radical (unpaired) electrons. The minimum absolute atomic E-state index is 0.339. The van der Waals surface area contributed by atoms with E-state index in [9.17, 15) is 0 Å². The Hall–Kier alpha value is -9.50. The van der Waals surface area contributed by atoms with Gasteiger partial charge in [-0.3, -0.25) is 0 Å². The summed E-state index contributed by atoms with van der Waals surface area (Å²) in [5.74, 6) is 0. The number of H-pyrrole nitrogens is 1. The Morgan fingerprint density at radius 1 is 0.349 bits per heavy atom. The summed E-state index contributed by atoms with van der Waals surface area (Å²) in [6.07, 6.45) is 1.08. The van der Waals surface area contributed by atoms with Crippen LogP contribution in [0.1, 0.15) is 38.8 Å². The molecule has 0 bridgehead atoms. The molecule has 414 valence electrons. The average Bonchev–Trinajstić information content (AvgIpc) is 1.83. The minimum Gasteiger partial charge on any atom is -0.399 e. The molecule has 0 unspecified atom stereocenters. The number of hydrogen-bond donors (Lipinski definition) is 1. The van der Waals surface area contributed by atoms with Gasteiger partial charge in [0.05, 0.1) is 33.3 Å². The zero-order valence-corrected chi connectivity index (χ0v) is 50.0. The molecule has 7 heteroatoms.